The fourth-order valence-electron chi connectivity index (χ4n) is 4.80. The molecule has 0 amide bonds. The lowest BCUT2D eigenvalue weighted by Gasteiger charge is -2.22. The maximum Gasteiger partial charge on any atom is 0.258 e. The Hall–Kier alpha value is -4.44. The lowest BCUT2D eigenvalue weighted by atomic mass is 9.98. The lowest BCUT2D eigenvalue weighted by Crippen LogP contribution is -2.20. The van der Waals surface area contributed by atoms with Crippen molar-refractivity contribution in [2.75, 3.05) is 5.32 Å². The first-order valence-electron chi connectivity index (χ1n) is 13.3. The zero-order valence-electron chi connectivity index (χ0n) is 23.8. The zero-order chi connectivity index (χ0) is 29.4. The molecule has 1 aromatic carbocycles. The van der Waals surface area contributed by atoms with Crippen molar-refractivity contribution in [1.82, 2.24) is 24.1 Å². The molecule has 4 aromatic heterocycles. The van der Waals surface area contributed by atoms with Crippen molar-refractivity contribution in [3.8, 4) is 28.7 Å². The van der Waals surface area contributed by atoms with Crippen LogP contribution in [0.5, 0.6) is 5.88 Å². The second-order valence-electron chi connectivity index (χ2n) is 10.3. The molecule has 1 unspecified atom stereocenters. The van der Waals surface area contributed by atoms with Gasteiger partial charge in [-0.1, -0.05) is 6.07 Å². The molecule has 1 atom stereocenters. The largest absolute Gasteiger partial charge is 0.473 e. The van der Waals surface area contributed by atoms with E-state index in [-0.39, 0.29) is 23.3 Å². The fourth-order valence-corrected chi connectivity index (χ4v) is 5.07. The van der Waals surface area contributed by atoms with Crippen LogP contribution in [0.1, 0.15) is 38.1 Å². The van der Waals surface area contributed by atoms with Gasteiger partial charge in [0.15, 0.2) is 5.82 Å². The summed E-state index contributed by atoms with van der Waals surface area (Å²) < 4.78 is 9.05. The highest BCUT2D eigenvalue weighted by Gasteiger charge is 2.19. The number of aromatic nitrogens is 5. The van der Waals surface area contributed by atoms with Crippen molar-refractivity contribution in [3.05, 3.63) is 92.9 Å². The summed E-state index contributed by atoms with van der Waals surface area (Å²) in [5.74, 6) is 0.951. The van der Waals surface area contributed by atoms with E-state index in [1.54, 1.807) is 49.3 Å². The molecule has 0 spiro atoms. The maximum absolute atomic E-state index is 13.6. The van der Waals surface area contributed by atoms with Crippen LogP contribution in [0.2, 0.25) is 0 Å². The van der Waals surface area contributed by atoms with Crippen molar-refractivity contribution < 1.29 is 4.74 Å². The van der Waals surface area contributed by atoms with Gasteiger partial charge in [-0.05, 0) is 75.0 Å². The van der Waals surface area contributed by atoms with Crippen LogP contribution in [0.25, 0.3) is 33.5 Å². The number of fused-ring (bicyclic) bond motifs is 1. The van der Waals surface area contributed by atoms with E-state index in [4.69, 9.17) is 4.74 Å². The second-order valence-corrected chi connectivity index (χ2v) is 10.8. The van der Waals surface area contributed by atoms with Crippen molar-refractivity contribution in [2.45, 2.75) is 44.7 Å². The summed E-state index contributed by atoms with van der Waals surface area (Å²) in [4.78, 5) is 39.9. The third-order valence-corrected chi connectivity index (χ3v) is 7.18. The summed E-state index contributed by atoms with van der Waals surface area (Å²) in [6.07, 6.45) is 3.30. The van der Waals surface area contributed by atoms with Gasteiger partial charge in [0, 0.05) is 60.1 Å². The first-order chi connectivity index (χ1) is 19.5. The van der Waals surface area contributed by atoms with Crippen LogP contribution in [-0.4, -0.2) is 30.2 Å². The molecular weight excluding hydrogens is 536 g/mol. The van der Waals surface area contributed by atoms with Crippen molar-refractivity contribution in [1.29, 1.82) is 0 Å². The zero-order valence-corrected chi connectivity index (χ0v) is 24.7. The van der Waals surface area contributed by atoms with E-state index < -0.39 is 0 Å². The highest BCUT2D eigenvalue weighted by atomic mass is 32.1. The number of aryl methyl sites for hydroxylation is 1. The number of pyridine rings is 3. The quantitative estimate of drug-likeness (QED) is 0.256. The minimum atomic E-state index is -0.207. The van der Waals surface area contributed by atoms with Gasteiger partial charge in [-0.3, -0.25) is 9.59 Å². The predicted octanol–water partition coefficient (Wildman–Crippen LogP) is 5.31. The highest BCUT2D eigenvalue weighted by molar-refractivity contribution is 7.80. The number of anilines is 1. The minimum Gasteiger partial charge on any atom is -0.473 e. The average Bonchev–Trinajstić information content (AvgIpc) is 2.93. The van der Waals surface area contributed by atoms with Crippen LogP contribution in [-0.2, 0) is 14.1 Å². The van der Waals surface area contributed by atoms with Crippen LogP contribution < -0.4 is 21.2 Å². The van der Waals surface area contributed by atoms with E-state index in [0.29, 0.717) is 38.9 Å². The summed E-state index contributed by atoms with van der Waals surface area (Å²) in [7, 11) is 3.41. The number of rotatable bonds is 7. The molecule has 0 saturated heterocycles. The van der Waals surface area contributed by atoms with E-state index in [0.717, 1.165) is 22.3 Å². The minimum absolute atomic E-state index is 0.0345. The topological polar surface area (TPSA) is 104 Å². The SMILES string of the molecule is Cc1ccc(NC(C)c2cc(S)cc3c(=O)n(C)c(-c4cnc(-c5cccc(=O)n5C)nc4)cc23)c(OC(C)C)n1. The molecular formula is C31H32N6O3S. The van der Waals surface area contributed by atoms with Gasteiger partial charge in [0.2, 0.25) is 5.88 Å². The molecule has 0 aliphatic heterocycles. The summed E-state index contributed by atoms with van der Waals surface area (Å²) in [5, 5.41) is 4.88. The van der Waals surface area contributed by atoms with E-state index in [1.165, 1.54) is 10.6 Å². The Morgan fingerprint density at radius 3 is 2.34 bits per heavy atom. The van der Waals surface area contributed by atoms with E-state index >= 15 is 0 Å². The third kappa shape index (κ3) is 5.60. The molecule has 5 rings (SSSR count). The van der Waals surface area contributed by atoms with Crippen LogP contribution in [0, 0.1) is 6.92 Å². The second kappa shape index (κ2) is 11.2. The van der Waals surface area contributed by atoms with E-state index in [2.05, 4.69) is 32.9 Å². The van der Waals surface area contributed by atoms with Crippen molar-refractivity contribution >= 4 is 29.1 Å². The van der Waals surface area contributed by atoms with Crippen molar-refractivity contribution in [2.24, 2.45) is 14.1 Å². The number of benzene rings is 1. The molecule has 0 saturated carbocycles. The van der Waals surface area contributed by atoms with Gasteiger partial charge in [0.05, 0.1) is 23.2 Å². The lowest BCUT2D eigenvalue weighted by molar-refractivity contribution is 0.233. The molecule has 1 N–H and O–H groups in total. The number of thiol groups is 1. The first kappa shape index (κ1) is 28.1. The van der Waals surface area contributed by atoms with Crippen LogP contribution in [0.15, 0.2) is 75.4 Å². The molecule has 10 heteroatoms. The van der Waals surface area contributed by atoms with E-state index in [1.807, 2.05) is 52.0 Å². The average molecular weight is 569 g/mol. The first-order valence-corrected chi connectivity index (χ1v) is 13.7. The fraction of sp³-hybridized carbons (Fsp3) is 0.258. The summed E-state index contributed by atoms with van der Waals surface area (Å²) in [5.41, 5.74) is 4.17. The molecule has 0 radical (unpaired) electrons. The van der Waals surface area contributed by atoms with Gasteiger partial charge in [-0.2, -0.15) is 0 Å². The molecule has 210 valence electrons. The summed E-state index contributed by atoms with van der Waals surface area (Å²) >= 11 is 4.61. The van der Waals surface area contributed by atoms with Crippen LogP contribution in [0.3, 0.4) is 0 Å². The molecule has 4 heterocycles. The maximum atomic E-state index is 13.6. The van der Waals surface area contributed by atoms with Crippen molar-refractivity contribution in [3.63, 3.8) is 0 Å². The molecule has 41 heavy (non-hydrogen) atoms. The smallest absolute Gasteiger partial charge is 0.258 e. The molecule has 0 fully saturated rings. The highest BCUT2D eigenvalue weighted by Crippen LogP contribution is 2.33. The number of nitrogens with zero attached hydrogens (tertiary/aromatic N) is 5. The normalized spacial score (nSPS) is 12.1. The van der Waals surface area contributed by atoms with Gasteiger partial charge >= 0.3 is 0 Å². The van der Waals surface area contributed by atoms with Gasteiger partial charge in [-0.15, -0.1) is 12.6 Å². The predicted molar refractivity (Wildman–Crippen MR) is 165 cm³/mol. The van der Waals surface area contributed by atoms with Gasteiger partial charge in [0.1, 0.15) is 0 Å². The Bertz CT molecular complexity index is 1880. The Morgan fingerprint density at radius 2 is 1.63 bits per heavy atom. The number of hydrogen-bond donors (Lipinski definition) is 2. The molecule has 0 aliphatic rings. The Morgan fingerprint density at radius 1 is 0.902 bits per heavy atom. The molecule has 9 nitrogen and oxygen atoms in total. The Kier molecular flexibility index (Phi) is 7.68. The van der Waals surface area contributed by atoms with Gasteiger partial charge in [-0.25, -0.2) is 15.0 Å². The monoisotopic (exact) mass is 568 g/mol. The third-order valence-electron chi connectivity index (χ3n) is 6.92. The van der Waals surface area contributed by atoms with Gasteiger partial charge < -0.3 is 19.2 Å². The van der Waals surface area contributed by atoms with Crippen LogP contribution >= 0.6 is 12.6 Å². The van der Waals surface area contributed by atoms with Crippen LogP contribution in [0.4, 0.5) is 5.69 Å². The number of nitrogens with one attached hydrogen (secondary N) is 1. The molecule has 0 aliphatic carbocycles. The number of hydrogen-bond acceptors (Lipinski definition) is 8. The molecule has 5 aromatic rings. The molecule has 0 bridgehead atoms. The Labute approximate surface area is 243 Å². The summed E-state index contributed by atoms with van der Waals surface area (Å²) in [6, 6.07) is 14.4. The van der Waals surface area contributed by atoms with Gasteiger partial charge in [0.25, 0.3) is 11.1 Å². The number of ether oxygens (including phenoxy) is 1. The Balaban J connectivity index is 1.59. The standard InChI is InChI=1S/C31H32N6O3S/c1-17(2)40-30-25(11-10-18(3)34-30)35-19(4)22-12-21(41)13-24-23(22)14-27(37(6)31(24)39)20-15-32-29(33-16-20)26-8-7-9-28(38)36(26)5/h7-17,19,35,41H,1-6H3. The summed E-state index contributed by atoms with van der Waals surface area (Å²) in [6.45, 7) is 7.88. The van der Waals surface area contributed by atoms with E-state index in [9.17, 15) is 9.59 Å².